The summed E-state index contributed by atoms with van der Waals surface area (Å²) < 4.78 is 6.73. The second-order valence-corrected chi connectivity index (χ2v) is 5.04. The SMILES string of the molecule is COC(=O)c1ccn2c(Cc3cccc(C)c3)ncc2c1. The molecule has 0 aliphatic heterocycles. The van der Waals surface area contributed by atoms with Crippen molar-refractivity contribution in [3.8, 4) is 0 Å². The summed E-state index contributed by atoms with van der Waals surface area (Å²) in [5.41, 5.74) is 3.88. The van der Waals surface area contributed by atoms with Crippen molar-refractivity contribution in [2.75, 3.05) is 7.11 Å². The second kappa shape index (κ2) is 5.40. The molecule has 1 aromatic carbocycles. The smallest absolute Gasteiger partial charge is 0.337 e. The topological polar surface area (TPSA) is 43.6 Å². The van der Waals surface area contributed by atoms with E-state index in [0.29, 0.717) is 5.56 Å². The Morgan fingerprint density at radius 1 is 1.29 bits per heavy atom. The quantitative estimate of drug-likeness (QED) is 0.693. The number of carbonyl (C=O) groups is 1. The molecule has 21 heavy (non-hydrogen) atoms. The largest absolute Gasteiger partial charge is 0.465 e. The van der Waals surface area contributed by atoms with Gasteiger partial charge in [0.25, 0.3) is 0 Å². The lowest BCUT2D eigenvalue weighted by Gasteiger charge is -2.04. The molecule has 106 valence electrons. The van der Waals surface area contributed by atoms with Gasteiger partial charge in [-0.3, -0.25) is 0 Å². The summed E-state index contributed by atoms with van der Waals surface area (Å²) in [6.07, 6.45) is 4.39. The molecule has 0 aliphatic rings. The van der Waals surface area contributed by atoms with E-state index in [-0.39, 0.29) is 5.97 Å². The molecule has 0 amide bonds. The minimum Gasteiger partial charge on any atom is -0.465 e. The number of aryl methyl sites for hydroxylation is 1. The van der Waals surface area contributed by atoms with Gasteiger partial charge in [-0.25, -0.2) is 9.78 Å². The minimum absolute atomic E-state index is 0.334. The zero-order chi connectivity index (χ0) is 14.8. The highest BCUT2D eigenvalue weighted by Crippen LogP contribution is 2.15. The number of hydrogen-bond acceptors (Lipinski definition) is 3. The highest BCUT2D eigenvalue weighted by molar-refractivity contribution is 5.90. The molecule has 0 N–H and O–H groups in total. The maximum Gasteiger partial charge on any atom is 0.337 e. The van der Waals surface area contributed by atoms with E-state index in [1.165, 1.54) is 18.2 Å². The van der Waals surface area contributed by atoms with Crippen molar-refractivity contribution in [3.05, 3.63) is 71.3 Å². The van der Waals surface area contributed by atoms with Crippen LogP contribution in [0.25, 0.3) is 5.52 Å². The van der Waals surface area contributed by atoms with Crippen molar-refractivity contribution in [1.82, 2.24) is 9.38 Å². The van der Waals surface area contributed by atoms with Crippen LogP contribution in [0.2, 0.25) is 0 Å². The van der Waals surface area contributed by atoms with Gasteiger partial charge in [0, 0.05) is 12.6 Å². The summed E-state index contributed by atoms with van der Waals surface area (Å²) in [6.45, 7) is 2.08. The van der Waals surface area contributed by atoms with Crippen LogP contribution in [0.5, 0.6) is 0 Å². The average Bonchev–Trinajstić information content (AvgIpc) is 2.89. The van der Waals surface area contributed by atoms with Crippen molar-refractivity contribution in [1.29, 1.82) is 0 Å². The molecule has 4 nitrogen and oxygen atoms in total. The fourth-order valence-electron chi connectivity index (χ4n) is 2.44. The first kappa shape index (κ1) is 13.4. The van der Waals surface area contributed by atoms with Gasteiger partial charge in [0.05, 0.1) is 24.4 Å². The zero-order valence-electron chi connectivity index (χ0n) is 12.0. The molecule has 0 saturated carbocycles. The molecule has 0 unspecified atom stereocenters. The van der Waals surface area contributed by atoms with Gasteiger partial charge in [-0.05, 0) is 24.6 Å². The zero-order valence-corrected chi connectivity index (χ0v) is 12.0. The van der Waals surface area contributed by atoms with Crippen molar-refractivity contribution in [3.63, 3.8) is 0 Å². The predicted octanol–water partition coefficient (Wildman–Crippen LogP) is 3.02. The molecule has 0 fully saturated rings. The Hall–Kier alpha value is -2.62. The molecule has 0 saturated heterocycles. The lowest BCUT2D eigenvalue weighted by Crippen LogP contribution is -2.02. The number of aromatic nitrogens is 2. The van der Waals surface area contributed by atoms with E-state index in [4.69, 9.17) is 4.74 Å². The first-order valence-electron chi connectivity index (χ1n) is 6.77. The fourth-order valence-corrected chi connectivity index (χ4v) is 2.44. The molecule has 2 heterocycles. The maximum atomic E-state index is 11.5. The van der Waals surface area contributed by atoms with Crippen molar-refractivity contribution in [2.24, 2.45) is 0 Å². The Labute approximate surface area is 123 Å². The molecule has 0 spiro atoms. The molecular formula is C17H16N2O2. The number of rotatable bonds is 3. The summed E-state index contributed by atoms with van der Waals surface area (Å²) in [5, 5.41) is 0. The van der Waals surface area contributed by atoms with Crippen LogP contribution in [0.4, 0.5) is 0 Å². The van der Waals surface area contributed by atoms with Crippen LogP contribution in [0.1, 0.15) is 27.3 Å². The van der Waals surface area contributed by atoms with Gasteiger partial charge in [-0.15, -0.1) is 0 Å². The third kappa shape index (κ3) is 2.65. The third-order valence-electron chi connectivity index (χ3n) is 3.47. The van der Waals surface area contributed by atoms with E-state index in [1.54, 1.807) is 18.3 Å². The number of carbonyl (C=O) groups excluding carboxylic acids is 1. The monoisotopic (exact) mass is 280 g/mol. The number of benzene rings is 1. The van der Waals surface area contributed by atoms with Crippen LogP contribution < -0.4 is 0 Å². The lowest BCUT2D eigenvalue weighted by atomic mass is 10.1. The highest BCUT2D eigenvalue weighted by atomic mass is 16.5. The summed E-state index contributed by atoms with van der Waals surface area (Å²) in [7, 11) is 1.38. The fraction of sp³-hybridized carbons (Fsp3) is 0.176. The van der Waals surface area contributed by atoms with Crippen molar-refractivity contribution >= 4 is 11.5 Å². The number of methoxy groups -OCH3 is 1. The van der Waals surface area contributed by atoms with Crippen LogP contribution in [0, 0.1) is 6.92 Å². The molecule has 0 aliphatic carbocycles. The van der Waals surface area contributed by atoms with Crippen molar-refractivity contribution in [2.45, 2.75) is 13.3 Å². The molecule has 0 atom stereocenters. The molecular weight excluding hydrogens is 264 g/mol. The van der Waals surface area contributed by atoms with Gasteiger partial charge < -0.3 is 9.14 Å². The third-order valence-corrected chi connectivity index (χ3v) is 3.47. The standard InChI is InChI=1S/C17H16N2O2/c1-12-4-3-5-13(8-12)9-16-18-11-15-10-14(17(20)21-2)6-7-19(15)16/h3-8,10-11H,9H2,1-2H3. The lowest BCUT2D eigenvalue weighted by molar-refractivity contribution is 0.0600. The number of fused-ring (bicyclic) bond motifs is 1. The van der Waals surface area contributed by atoms with Gasteiger partial charge in [0.2, 0.25) is 0 Å². The van der Waals surface area contributed by atoms with E-state index >= 15 is 0 Å². The summed E-state index contributed by atoms with van der Waals surface area (Å²) >= 11 is 0. The second-order valence-electron chi connectivity index (χ2n) is 5.04. The number of pyridine rings is 1. The molecule has 4 heteroatoms. The molecule has 3 aromatic rings. The number of esters is 1. The Balaban J connectivity index is 1.95. The molecule has 2 aromatic heterocycles. The van der Waals surface area contributed by atoms with Gasteiger partial charge >= 0.3 is 5.97 Å². The predicted molar refractivity (Wildman–Crippen MR) is 80.5 cm³/mol. The normalized spacial score (nSPS) is 10.8. The van der Waals surface area contributed by atoms with Crippen LogP contribution in [0.3, 0.4) is 0 Å². The van der Waals surface area contributed by atoms with E-state index < -0.39 is 0 Å². The molecule has 0 bridgehead atoms. The van der Waals surface area contributed by atoms with Gasteiger partial charge in [-0.1, -0.05) is 29.8 Å². The Kier molecular flexibility index (Phi) is 3.44. The summed E-state index contributed by atoms with van der Waals surface area (Å²) in [5.74, 6) is 0.617. The van der Waals surface area contributed by atoms with Gasteiger partial charge in [0.15, 0.2) is 0 Å². The van der Waals surface area contributed by atoms with E-state index in [9.17, 15) is 4.79 Å². The van der Waals surface area contributed by atoms with E-state index in [1.807, 2.05) is 10.6 Å². The Bertz CT molecular complexity index is 805. The molecule has 3 rings (SSSR count). The minimum atomic E-state index is -0.334. The van der Waals surface area contributed by atoms with Gasteiger partial charge in [-0.2, -0.15) is 0 Å². The van der Waals surface area contributed by atoms with Crippen molar-refractivity contribution < 1.29 is 9.53 Å². The number of nitrogens with zero attached hydrogens (tertiary/aromatic N) is 2. The van der Waals surface area contributed by atoms with Crippen LogP contribution in [0.15, 0.2) is 48.8 Å². The summed E-state index contributed by atoms with van der Waals surface area (Å²) in [6, 6.07) is 11.9. The average molecular weight is 280 g/mol. The van der Waals surface area contributed by atoms with Gasteiger partial charge in [0.1, 0.15) is 5.82 Å². The Morgan fingerprint density at radius 3 is 2.90 bits per heavy atom. The van der Waals surface area contributed by atoms with Crippen LogP contribution >= 0.6 is 0 Å². The highest BCUT2D eigenvalue weighted by Gasteiger charge is 2.09. The maximum absolute atomic E-state index is 11.5. The van der Waals surface area contributed by atoms with Crippen LogP contribution in [-0.2, 0) is 11.2 Å². The van der Waals surface area contributed by atoms with E-state index in [0.717, 1.165) is 17.8 Å². The Morgan fingerprint density at radius 2 is 2.14 bits per heavy atom. The molecule has 0 radical (unpaired) electrons. The first-order chi connectivity index (χ1) is 10.2. The number of imidazole rings is 1. The summed E-state index contributed by atoms with van der Waals surface area (Å²) in [4.78, 5) is 16.0. The number of ether oxygens (including phenoxy) is 1. The van der Waals surface area contributed by atoms with Crippen LogP contribution in [-0.4, -0.2) is 22.5 Å². The number of hydrogen-bond donors (Lipinski definition) is 0. The van der Waals surface area contributed by atoms with E-state index in [2.05, 4.69) is 36.2 Å². The first-order valence-corrected chi connectivity index (χ1v) is 6.77.